The number of urea groups is 1. The zero-order chi connectivity index (χ0) is 17.8. The molecule has 6 heteroatoms. The summed E-state index contributed by atoms with van der Waals surface area (Å²) < 4.78 is 14.4. The van der Waals surface area contributed by atoms with E-state index < -0.39 is 11.0 Å². The quantitative estimate of drug-likeness (QED) is 0.859. The van der Waals surface area contributed by atoms with Gasteiger partial charge in [-0.15, -0.1) is 0 Å². The molecule has 2 aromatic carbocycles. The number of hydrogen-bond acceptors (Lipinski definition) is 2. The highest BCUT2D eigenvalue weighted by molar-refractivity contribution is 7.82. The van der Waals surface area contributed by atoms with Crippen LogP contribution in [0, 0.1) is 0 Å². The topological polar surface area (TPSA) is 52.7 Å². The number of carbonyl (C=O) groups excluding carboxylic acids is 1. The second-order valence-corrected chi connectivity index (χ2v) is 7.44. The molecule has 0 saturated heterocycles. The number of nitrogens with zero attached hydrogens (tertiary/aromatic N) is 2. The third-order valence-electron chi connectivity index (χ3n) is 4.35. The van der Waals surface area contributed by atoms with E-state index in [9.17, 15) is 9.00 Å². The molecule has 1 unspecified atom stereocenters. The van der Waals surface area contributed by atoms with Gasteiger partial charge in [-0.2, -0.15) is 0 Å². The predicted molar refractivity (Wildman–Crippen MR) is 100 cm³/mol. The number of benzene rings is 2. The van der Waals surface area contributed by atoms with Crippen molar-refractivity contribution >= 4 is 22.7 Å². The van der Waals surface area contributed by atoms with Gasteiger partial charge in [-0.25, -0.2) is 13.3 Å². The number of anilines is 1. The fourth-order valence-corrected chi connectivity index (χ4v) is 4.05. The smallest absolute Gasteiger partial charge is 0.316 e. The van der Waals surface area contributed by atoms with Crippen LogP contribution in [0.3, 0.4) is 0 Å². The highest BCUT2D eigenvalue weighted by Gasteiger charge is 2.22. The third kappa shape index (κ3) is 3.91. The first-order chi connectivity index (χ1) is 12.1. The molecule has 1 aliphatic rings. The van der Waals surface area contributed by atoms with E-state index in [1.165, 1.54) is 0 Å². The Hall–Kier alpha value is -2.18. The van der Waals surface area contributed by atoms with E-state index in [1.807, 2.05) is 66.7 Å². The summed E-state index contributed by atoms with van der Waals surface area (Å²) in [6.07, 6.45) is 0. The van der Waals surface area contributed by atoms with Crippen molar-refractivity contribution in [2.75, 3.05) is 18.4 Å². The van der Waals surface area contributed by atoms with Crippen LogP contribution in [-0.2, 0) is 24.1 Å². The van der Waals surface area contributed by atoms with Gasteiger partial charge in [0, 0.05) is 31.9 Å². The average Bonchev–Trinajstić information content (AvgIpc) is 2.64. The molecule has 1 atom stereocenters. The van der Waals surface area contributed by atoms with E-state index >= 15 is 0 Å². The summed E-state index contributed by atoms with van der Waals surface area (Å²) in [5.74, 6) is 0. The summed E-state index contributed by atoms with van der Waals surface area (Å²) in [6, 6.07) is 15.4. The fraction of sp³-hybridized carbons (Fsp3) is 0.316. The van der Waals surface area contributed by atoms with Gasteiger partial charge in [0.25, 0.3) is 0 Å². The summed E-state index contributed by atoms with van der Waals surface area (Å²) in [4.78, 5) is 14.8. The van der Waals surface area contributed by atoms with Gasteiger partial charge in [-0.1, -0.05) is 44.2 Å². The molecule has 5 nitrogen and oxygen atoms in total. The number of hydrogen-bond donors (Lipinski definition) is 1. The van der Waals surface area contributed by atoms with E-state index in [4.69, 9.17) is 0 Å². The Bertz CT molecular complexity index is 772. The van der Waals surface area contributed by atoms with E-state index in [2.05, 4.69) is 5.32 Å². The van der Waals surface area contributed by atoms with Crippen molar-refractivity contribution in [1.29, 1.82) is 0 Å². The number of fused-ring (bicyclic) bond motifs is 1. The molecule has 132 valence electrons. The number of amides is 2. The Morgan fingerprint density at radius 1 is 1.08 bits per heavy atom. The molecule has 1 heterocycles. The van der Waals surface area contributed by atoms with Crippen molar-refractivity contribution in [3.8, 4) is 0 Å². The largest absolute Gasteiger partial charge is 0.322 e. The van der Waals surface area contributed by atoms with Gasteiger partial charge in [-0.05, 0) is 29.3 Å². The van der Waals surface area contributed by atoms with Crippen LogP contribution in [0.4, 0.5) is 10.5 Å². The Labute approximate surface area is 151 Å². The lowest BCUT2D eigenvalue weighted by atomic mass is 10.1. The molecule has 0 radical (unpaired) electrons. The Morgan fingerprint density at radius 2 is 1.76 bits per heavy atom. The molecule has 2 aromatic rings. The summed E-state index contributed by atoms with van der Waals surface area (Å²) >= 11 is 0. The van der Waals surface area contributed by atoms with Crippen molar-refractivity contribution in [2.45, 2.75) is 31.8 Å². The highest BCUT2D eigenvalue weighted by Crippen LogP contribution is 2.24. The Kier molecular flexibility index (Phi) is 5.50. The lowest BCUT2D eigenvalue weighted by Gasteiger charge is -2.29. The van der Waals surface area contributed by atoms with Gasteiger partial charge in [0.15, 0.2) is 0 Å². The normalized spacial score (nSPS) is 15.0. The second kappa shape index (κ2) is 7.80. The molecule has 3 rings (SSSR count). The molecular weight excluding hydrogens is 334 g/mol. The number of para-hydroxylation sites is 1. The molecule has 0 bridgehead atoms. The fourth-order valence-electron chi connectivity index (χ4n) is 2.92. The van der Waals surface area contributed by atoms with Crippen molar-refractivity contribution in [3.63, 3.8) is 0 Å². The van der Waals surface area contributed by atoms with Gasteiger partial charge in [0.2, 0.25) is 0 Å². The molecule has 0 aliphatic carbocycles. The minimum Gasteiger partial charge on any atom is -0.316 e. The first-order valence-electron chi connectivity index (χ1n) is 8.52. The van der Waals surface area contributed by atoms with E-state index in [0.717, 1.165) is 34.8 Å². The van der Waals surface area contributed by atoms with Gasteiger partial charge in [0.05, 0.1) is 4.90 Å². The molecule has 1 aliphatic heterocycles. The lowest BCUT2D eigenvalue weighted by molar-refractivity contribution is 0.204. The van der Waals surface area contributed by atoms with Crippen LogP contribution >= 0.6 is 0 Å². The summed E-state index contributed by atoms with van der Waals surface area (Å²) in [5, 5.41) is 2.92. The molecule has 0 fully saturated rings. The van der Waals surface area contributed by atoms with Gasteiger partial charge < -0.3 is 10.2 Å². The molecular formula is C19H23N3O2S. The van der Waals surface area contributed by atoms with Crippen molar-refractivity contribution in [2.24, 2.45) is 0 Å². The number of carbonyl (C=O) groups is 1. The first kappa shape index (κ1) is 17.6. The van der Waals surface area contributed by atoms with E-state index in [-0.39, 0.29) is 6.03 Å². The third-order valence-corrected chi connectivity index (χ3v) is 6.01. The Morgan fingerprint density at radius 3 is 2.44 bits per heavy atom. The first-order valence-corrected chi connectivity index (χ1v) is 9.62. The van der Waals surface area contributed by atoms with Crippen molar-refractivity contribution in [3.05, 3.63) is 59.7 Å². The summed E-state index contributed by atoms with van der Waals surface area (Å²) in [6.45, 7) is 6.62. The van der Waals surface area contributed by atoms with Crippen molar-refractivity contribution in [1.82, 2.24) is 9.21 Å². The zero-order valence-electron chi connectivity index (χ0n) is 14.6. The molecule has 1 N–H and O–H groups in total. The maximum atomic E-state index is 12.5. The Balaban J connectivity index is 1.70. The van der Waals surface area contributed by atoms with Crippen molar-refractivity contribution < 1.29 is 9.00 Å². The SMILES string of the molecule is CCN(CC)S(=O)c1ccc(CN2Cc3ccccc3NC2=O)cc1. The molecule has 0 aromatic heterocycles. The van der Waals surface area contributed by atoms with Crippen LogP contribution in [0.2, 0.25) is 0 Å². The van der Waals surface area contributed by atoms with Crippen LogP contribution in [0.25, 0.3) is 0 Å². The standard InChI is InChI=1S/C19H23N3O2S/c1-3-22(4-2)25(24)17-11-9-15(10-12-17)13-21-14-16-7-5-6-8-18(16)20-19(21)23/h5-12H,3-4,13-14H2,1-2H3,(H,20,23). The minimum atomic E-state index is -1.13. The molecule has 25 heavy (non-hydrogen) atoms. The zero-order valence-corrected chi connectivity index (χ0v) is 15.4. The van der Waals surface area contributed by atoms with E-state index in [0.29, 0.717) is 13.1 Å². The number of rotatable bonds is 6. The van der Waals surface area contributed by atoms with Crippen LogP contribution in [0.5, 0.6) is 0 Å². The molecule has 0 saturated carbocycles. The average molecular weight is 357 g/mol. The second-order valence-electron chi connectivity index (χ2n) is 5.95. The summed E-state index contributed by atoms with van der Waals surface area (Å²) in [5.41, 5.74) is 3.02. The highest BCUT2D eigenvalue weighted by atomic mass is 32.2. The monoisotopic (exact) mass is 357 g/mol. The molecule has 2 amide bonds. The maximum Gasteiger partial charge on any atom is 0.322 e. The van der Waals surface area contributed by atoms with Crippen LogP contribution in [0.1, 0.15) is 25.0 Å². The molecule has 0 spiro atoms. The minimum absolute atomic E-state index is 0.0884. The van der Waals surface area contributed by atoms with Crippen LogP contribution < -0.4 is 5.32 Å². The van der Waals surface area contributed by atoms with Gasteiger partial charge in [-0.3, -0.25) is 0 Å². The van der Waals surface area contributed by atoms with E-state index in [1.54, 1.807) is 4.90 Å². The van der Waals surface area contributed by atoms with Crippen LogP contribution in [-0.4, -0.2) is 32.5 Å². The maximum absolute atomic E-state index is 12.5. The predicted octanol–water partition coefficient (Wildman–Crippen LogP) is 3.60. The van der Waals surface area contributed by atoms with Gasteiger partial charge in [0.1, 0.15) is 11.0 Å². The summed E-state index contributed by atoms with van der Waals surface area (Å²) in [7, 11) is -1.13. The lowest BCUT2D eigenvalue weighted by Crippen LogP contribution is -2.38. The van der Waals surface area contributed by atoms with Crippen LogP contribution in [0.15, 0.2) is 53.4 Å². The number of nitrogens with one attached hydrogen (secondary N) is 1. The van der Waals surface area contributed by atoms with Gasteiger partial charge >= 0.3 is 6.03 Å².